The zero-order chi connectivity index (χ0) is 15.1. The monoisotopic (exact) mass is 327 g/mol. The largest absolute Gasteiger partial charge is 1.00 e. The fourth-order valence-corrected chi connectivity index (χ4v) is 2.52. The van der Waals surface area contributed by atoms with Gasteiger partial charge in [-0.2, -0.15) is 0 Å². The molecule has 1 aromatic rings. The second-order valence-corrected chi connectivity index (χ2v) is 5.56. The van der Waals surface area contributed by atoms with Gasteiger partial charge in [0.1, 0.15) is 18.5 Å². The molecule has 1 aromatic carbocycles. The standard InChI is InChI=1S/C16H24N2O3.ClH/c1-12(19)18-14-6-8-16(9-7-14)21-11-15(20)10-17-13-4-2-3-5-13;/h6-9,13,15,17,20H,2-5,10-11H2,1H3,(H,18,19);1H/p-1. The molecule has 0 heterocycles. The third-order valence-electron chi connectivity index (χ3n) is 3.61. The summed E-state index contributed by atoms with van der Waals surface area (Å²) >= 11 is 0. The molecule has 0 aromatic heterocycles. The van der Waals surface area contributed by atoms with E-state index in [1.54, 1.807) is 24.3 Å². The van der Waals surface area contributed by atoms with E-state index in [9.17, 15) is 9.90 Å². The first-order chi connectivity index (χ1) is 10.1. The van der Waals surface area contributed by atoms with Crippen molar-refractivity contribution in [3.63, 3.8) is 0 Å². The number of benzene rings is 1. The van der Waals surface area contributed by atoms with Crippen LogP contribution in [0, 0.1) is 0 Å². The van der Waals surface area contributed by atoms with Crippen molar-refractivity contribution in [2.45, 2.75) is 44.8 Å². The average Bonchev–Trinajstić information content (AvgIpc) is 2.97. The van der Waals surface area contributed by atoms with E-state index in [0.717, 1.165) is 5.69 Å². The Bertz CT molecular complexity index is 447. The van der Waals surface area contributed by atoms with E-state index in [4.69, 9.17) is 4.74 Å². The Hall–Kier alpha value is -1.30. The molecule has 0 radical (unpaired) electrons. The van der Waals surface area contributed by atoms with Crippen LogP contribution in [0.2, 0.25) is 0 Å². The lowest BCUT2D eigenvalue weighted by atomic mass is 10.2. The molecule has 1 atom stereocenters. The molecule has 1 aliphatic carbocycles. The Labute approximate surface area is 137 Å². The van der Waals surface area contributed by atoms with Crippen molar-refractivity contribution in [3.8, 4) is 5.75 Å². The van der Waals surface area contributed by atoms with Gasteiger partial charge >= 0.3 is 0 Å². The highest BCUT2D eigenvalue weighted by Crippen LogP contribution is 2.18. The van der Waals surface area contributed by atoms with Crippen LogP contribution in [0.15, 0.2) is 24.3 Å². The number of halogens is 1. The maximum absolute atomic E-state index is 10.9. The zero-order valence-corrected chi connectivity index (χ0v) is 13.6. The lowest BCUT2D eigenvalue weighted by molar-refractivity contribution is -0.114. The van der Waals surface area contributed by atoms with Gasteiger partial charge in [0.05, 0.1) is 0 Å². The van der Waals surface area contributed by atoms with Crippen LogP contribution in [0.4, 0.5) is 5.69 Å². The van der Waals surface area contributed by atoms with Crippen molar-refractivity contribution in [1.82, 2.24) is 5.32 Å². The summed E-state index contributed by atoms with van der Waals surface area (Å²) in [4.78, 5) is 10.9. The van der Waals surface area contributed by atoms with Gasteiger partial charge in [0, 0.05) is 25.2 Å². The molecule has 1 amide bonds. The third kappa shape index (κ3) is 6.64. The van der Waals surface area contributed by atoms with Crippen molar-refractivity contribution in [2.24, 2.45) is 0 Å². The van der Waals surface area contributed by atoms with E-state index in [1.807, 2.05) is 0 Å². The maximum Gasteiger partial charge on any atom is 0.221 e. The van der Waals surface area contributed by atoms with Crippen LogP contribution in [0.3, 0.4) is 0 Å². The SMILES string of the molecule is CC(=O)Nc1ccc(OCC(O)CNC2CCCC2)cc1.[Cl-]. The number of aliphatic hydroxyl groups is 1. The number of hydrogen-bond acceptors (Lipinski definition) is 4. The first-order valence-electron chi connectivity index (χ1n) is 7.55. The highest BCUT2D eigenvalue weighted by Gasteiger charge is 2.15. The lowest BCUT2D eigenvalue weighted by Crippen LogP contribution is -3.00. The summed E-state index contributed by atoms with van der Waals surface area (Å²) in [6.45, 7) is 2.30. The van der Waals surface area contributed by atoms with Crippen LogP contribution in [0.1, 0.15) is 32.6 Å². The van der Waals surface area contributed by atoms with Crippen LogP contribution in [0.5, 0.6) is 5.75 Å². The number of hydrogen-bond donors (Lipinski definition) is 3. The summed E-state index contributed by atoms with van der Waals surface area (Å²) in [5, 5.41) is 16.0. The molecular weight excluding hydrogens is 304 g/mol. The quantitative estimate of drug-likeness (QED) is 0.596. The van der Waals surface area contributed by atoms with E-state index in [1.165, 1.54) is 32.6 Å². The van der Waals surface area contributed by atoms with Gasteiger partial charge in [-0.25, -0.2) is 0 Å². The Morgan fingerprint density at radius 2 is 1.95 bits per heavy atom. The number of anilines is 1. The van der Waals surface area contributed by atoms with Crippen LogP contribution in [-0.2, 0) is 4.79 Å². The molecule has 1 saturated carbocycles. The number of carbonyl (C=O) groups excluding carboxylic acids is 1. The summed E-state index contributed by atoms with van der Waals surface area (Å²) in [5.74, 6) is 0.584. The maximum atomic E-state index is 10.9. The highest BCUT2D eigenvalue weighted by molar-refractivity contribution is 5.88. The predicted molar refractivity (Wildman–Crippen MR) is 82.5 cm³/mol. The van der Waals surface area contributed by atoms with E-state index >= 15 is 0 Å². The average molecular weight is 328 g/mol. The third-order valence-corrected chi connectivity index (χ3v) is 3.61. The second kappa shape index (κ2) is 9.66. The van der Waals surface area contributed by atoms with Crippen molar-refractivity contribution in [1.29, 1.82) is 0 Å². The predicted octanol–water partition coefficient (Wildman–Crippen LogP) is -1.08. The summed E-state index contributed by atoms with van der Waals surface area (Å²) in [5.41, 5.74) is 0.735. The van der Waals surface area contributed by atoms with Crippen LogP contribution >= 0.6 is 0 Å². The molecule has 6 heteroatoms. The molecule has 1 unspecified atom stereocenters. The van der Waals surface area contributed by atoms with Gasteiger partial charge in [0.2, 0.25) is 5.91 Å². The molecule has 22 heavy (non-hydrogen) atoms. The number of amides is 1. The minimum absolute atomic E-state index is 0. The summed E-state index contributed by atoms with van der Waals surface area (Å²) in [6, 6.07) is 7.67. The van der Waals surface area contributed by atoms with E-state index in [0.29, 0.717) is 18.3 Å². The number of ether oxygens (including phenoxy) is 1. The van der Waals surface area contributed by atoms with Crippen molar-refractivity contribution >= 4 is 11.6 Å². The molecule has 1 fully saturated rings. The number of carbonyl (C=O) groups is 1. The molecule has 2 rings (SSSR count). The molecule has 1 aliphatic rings. The molecule has 5 nitrogen and oxygen atoms in total. The Kier molecular flexibility index (Phi) is 8.24. The van der Waals surface area contributed by atoms with E-state index < -0.39 is 6.10 Å². The smallest absolute Gasteiger partial charge is 0.221 e. The van der Waals surface area contributed by atoms with Crippen molar-refractivity contribution in [2.75, 3.05) is 18.5 Å². The van der Waals surface area contributed by atoms with Crippen LogP contribution in [0.25, 0.3) is 0 Å². The van der Waals surface area contributed by atoms with Crippen molar-refractivity contribution in [3.05, 3.63) is 24.3 Å². The van der Waals surface area contributed by atoms with E-state index in [-0.39, 0.29) is 24.9 Å². The van der Waals surface area contributed by atoms with Gasteiger partial charge in [-0.15, -0.1) is 0 Å². The zero-order valence-electron chi connectivity index (χ0n) is 12.8. The van der Waals surface area contributed by atoms with Gasteiger partial charge in [-0.3, -0.25) is 4.79 Å². The molecule has 0 bridgehead atoms. The van der Waals surface area contributed by atoms with Gasteiger partial charge in [0.15, 0.2) is 0 Å². The van der Waals surface area contributed by atoms with Crippen LogP contribution in [-0.4, -0.2) is 36.3 Å². The summed E-state index contributed by atoms with van der Waals surface area (Å²) < 4.78 is 5.54. The molecule has 124 valence electrons. The highest BCUT2D eigenvalue weighted by atomic mass is 35.5. The Morgan fingerprint density at radius 3 is 2.55 bits per heavy atom. The van der Waals surface area contributed by atoms with Gasteiger partial charge < -0.3 is 32.9 Å². The summed E-state index contributed by atoms with van der Waals surface area (Å²) in [7, 11) is 0. The molecule has 0 aliphatic heterocycles. The molecular formula is C16H24ClN2O3-. The minimum atomic E-state index is -0.513. The fourth-order valence-electron chi connectivity index (χ4n) is 2.52. The van der Waals surface area contributed by atoms with Crippen molar-refractivity contribution < 1.29 is 27.0 Å². The minimum Gasteiger partial charge on any atom is -1.00 e. The normalized spacial score (nSPS) is 15.9. The first kappa shape index (κ1) is 18.7. The molecule has 0 spiro atoms. The van der Waals surface area contributed by atoms with Crippen LogP contribution < -0.4 is 27.8 Å². The lowest BCUT2D eigenvalue weighted by Gasteiger charge is -2.16. The molecule has 0 saturated heterocycles. The fraction of sp³-hybridized carbons (Fsp3) is 0.562. The first-order valence-corrected chi connectivity index (χ1v) is 7.55. The van der Waals surface area contributed by atoms with E-state index in [2.05, 4.69) is 10.6 Å². The van der Waals surface area contributed by atoms with Gasteiger partial charge in [-0.05, 0) is 37.1 Å². The number of rotatable bonds is 7. The Morgan fingerprint density at radius 1 is 1.32 bits per heavy atom. The Balaban J connectivity index is 0.00000242. The number of nitrogens with one attached hydrogen (secondary N) is 2. The summed E-state index contributed by atoms with van der Waals surface area (Å²) in [6.07, 6.45) is 4.47. The second-order valence-electron chi connectivity index (χ2n) is 5.56. The van der Waals surface area contributed by atoms with Gasteiger partial charge in [-0.1, -0.05) is 12.8 Å². The topological polar surface area (TPSA) is 70.6 Å². The number of aliphatic hydroxyl groups excluding tert-OH is 1. The van der Waals surface area contributed by atoms with Gasteiger partial charge in [0.25, 0.3) is 0 Å². The molecule has 3 N–H and O–H groups in total.